The lowest BCUT2D eigenvalue weighted by molar-refractivity contribution is 0.363. The number of hydrogen-bond donors (Lipinski definition) is 1. The third-order valence-corrected chi connectivity index (χ3v) is 3.35. The summed E-state index contributed by atoms with van der Waals surface area (Å²) >= 11 is 0. The van der Waals surface area contributed by atoms with Crippen LogP contribution in [0.1, 0.15) is 24.2 Å². The van der Waals surface area contributed by atoms with E-state index in [4.69, 9.17) is 14.0 Å². The van der Waals surface area contributed by atoms with Crippen LogP contribution in [0.4, 0.5) is 0 Å². The monoisotopic (exact) mass is 327 g/mol. The molecule has 0 aliphatic rings. The molecule has 1 N–H and O–H groups in total. The van der Waals surface area contributed by atoms with Gasteiger partial charge in [0.2, 0.25) is 5.89 Å². The second kappa shape index (κ2) is 8.60. The van der Waals surface area contributed by atoms with Gasteiger partial charge < -0.3 is 19.3 Å². The van der Waals surface area contributed by atoms with Gasteiger partial charge in [-0.25, -0.2) is 0 Å². The van der Waals surface area contributed by atoms with Crippen LogP contribution in [0.3, 0.4) is 0 Å². The van der Waals surface area contributed by atoms with Crippen molar-refractivity contribution >= 4 is 12.4 Å². The highest BCUT2D eigenvalue weighted by Crippen LogP contribution is 2.30. The number of hydrogen-bond acceptors (Lipinski definition) is 6. The molecule has 2 aromatic rings. The molecule has 1 unspecified atom stereocenters. The molecule has 1 heterocycles. The standard InChI is InChI=1S/C15H21N3O3.ClH/c1-10(16-2)8-14-17-15(21-18-14)9-11-12(19-3)6-5-7-13(11)20-4;/h5-7,10,16H,8-9H2,1-4H3;1H. The van der Waals surface area contributed by atoms with E-state index in [2.05, 4.69) is 22.4 Å². The van der Waals surface area contributed by atoms with Crippen molar-refractivity contribution in [2.45, 2.75) is 25.8 Å². The van der Waals surface area contributed by atoms with Crippen LogP contribution < -0.4 is 14.8 Å². The van der Waals surface area contributed by atoms with Gasteiger partial charge in [0.25, 0.3) is 0 Å². The van der Waals surface area contributed by atoms with Crippen molar-refractivity contribution in [3.8, 4) is 11.5 Å². The smallest absolute Gasteiger partial charge is 0.231 e. The van der Waals surface area contributed by atoms with E-state index in [1.54, 1.807) is 14.2 Å². The molecule has 1 aromatic heterocycles. The summed E-state index contributed by atoms with van der Waals surface area (Å²) in [4.78, 5) is 4.42. The van der Waals surface area contributed by atoms with Gasteiger partial charge in [0.1, 0.15) is 11.5 Å². The Labute approximate surface area is 136 Å². The van der Waals surface area contributed by atoms with Gasteiger partial charge >= 0.3 is 0 Å². The molecule has 22 heavy (non-hydrogen) atoms. The number of rotatable bonds is 7. The van der Waals surface area contributed by atoms with E-state index >= 15 is 0 Å². The van der Waals surface area contributed by atoms with E-state index in [1.165, 1.54) is 0 Å². The van der Waals surface area contributed by atoms with Gasteiger partial charge in [-0.05, 0) is 26.1 Å². The maximum absolute atomic E-state index is 5.37. The molecular formula is C15H22ClN3O3. The predicted octanol–water partition coefficient (Wildman–Crippen LogP) is 2.25. The fourth-order valence-corrected chi connectivity index (χ4v) is 2.07. The molecule has 6 nitrogen and oxygen atoms in total. The van der Waals surface area contributed by atoms with E-state index in [9.17, 15) is 0 Å². The Kier molecular flexibility index (Phi) is 7.14. The normalized spacial score (nSPS) is 11.6. The van der Waals surface area contributed by atoms with Gasteiger partial charge in [0, 0.05) is 18.0 Å². The van der Waals surface area contributed by atoms with Crippen LogP contribution in [-0.2, 0) is 12.8 Å². The van der Waals surface area contributed by atoms with E-state index in [1.807, 2.05) is 25.2 Å². The Morgan fingerprint density at radius 2 is 1.86 bits per heavy atom. The second-order valence-electron chi connectivity index (χ2n) is 4.82. The number of likely N-dealkylation sites (N-methyl/N-ethyl adjacent to an activating group) is 1. The molecule has 0 saturated heterocycles. The van der Waals surface area contributed by atoms with Crippen LogP contribution in [0.25, 0.3) is 0 Å². The first-order chi connectivity index (χ1) is 10.2. The summed E-state index contributed by atoms with van der Waals surface area (Å²) in [5.41, 5.74) is 0.902. The van der Waals surface area contributed by atoms with Crippen molar-refractivity contribution in [2.24, 2.45) is 0 Å². The van der Waals surface area contributed by atoms with Crippen LogP contribution in [0, 0.1) is 0 Å². The minimum Gasteiger partial charge on any atom is -0.496 e. The number of ether oxygens (including phenoxy) is 2. The number of nitrogens with zero attached hydrogens (tertiary/aromatic N) is 2. The third kappa shape index (κ3) is 4.35. The van der Waals surface area contributed by atoms with Crippen LogP contribution >= 0.6 is 12.4 Å². The lowest BCUT2D eigenvalue weighted by atomic mass is 10.1. The van der Waals surface area contributed by atoms with Crippen LogP contribution in [0.2, 0.25) is 0 Å². The van der Waals surface area contributed by atoms with Gasteiger partial charge in [-0.1, -0.05) is 11.2 Å². The van der Waals surface area contributed by atoms with Gasteiger partial charge in [-0.2, -0.15) is 4.98 Å². The highest BCUT2D eigenvalue weighted by Gasteiger charge is 2.15. The van der Waals surface area contributed by atoms with Crippen LogP contribution in [0.5, 0.6) is 11.5 Å². The lowest BCUT2D eigenvalue weighted by Gasteiger charge is -2.11. The van der Waals surface area contributed by atoms with E-state index < -0.39 is 0 Å². The molecule has 0 saturated carbocycles. The van der Waals surface area contributed by atoms with Crippen LogP contribution in [-0.4, -0.2) is 37.4 Å². The molecule has 1 aromatic carbocycles. The van der Waals surface area contributed by atoms with E-state index in [-0.39, 0.29) is 12.4 Å². The lowest BCUT2D eigenvalue weighted by Crippen LogP contribution is -2.24. The van der Waals surface area contributed by atoms with Crippen molar-refractivity contribution in [1.29, 1.82) is 0 Å². The fraction of sp³-hybridized carbons (Fsp3) is 0.467. The number of nitrogens with one attached hydrogen (secondary N) is 1. The molecule has 7 heteroatoms. The molecule has 0 fully saturated rings. The number of benzene rings is 1. The summed E-state index contributed by atoms with van der Waals surface area (Å²) in [6, 6.07) is 5.96. The van der Waals surface area contributed by atoms with Gasteiger partial charge in [-0.3, -0.25) is 0 Å². The molecule has 122 valence electrons. The minimum absolute atomic E-state index is 0. The molecule has 1 atom stereocenters. The first-order valence-electron chi connectivity index (χ1n) is 6.86. The Hall–Kier alpha value is -1.79. The van der Waals surface area contributed by atoms with Crippen molar-refractivity contribution in [2.75, 3.05) is 21.3 Å². The summed E-state index contributed by atoms with van der Waals surface area (Å²) in [5.74, 6) is 2.74. The van der Waals surface area contributed by atoms with E-state index in [0.717, 1.165) is 23.5 Å². The van der Waals surface area contributed by atoms with E-state index in [0.29, 0.717) is 24.2 Å². The molecule has 0 radical (unpaired) electrons. The molecule has 0 aliphatic carbocycles. The van der Waals surface area contributed by atoms with Crippen LogP contribution in [0.15, 0.2) is 22.7 Å². The fourth-order valence-electron chi connectivity index (χ4n) is 2.07. The average Bonchev–Trinajstić information content (AvgIpc) is 2.94. The zero-order valence-electron chi connectivity index (χ0n) is 13.3. The maximum atomic E-state index is 5.37. The zero-order chi connectivity index (χ0) is 15.2. The minimum atomic E-state index is 0. The highest BCUT2D eigenvalue weighted by molar-refractivity contribution is 5.85. The second-order valence-corrected chi connectivity index (χ2v) is 4.82. The Morgan fingerprint density at radius 3 is 2.41 bits per heavy atom. The largest absolute Gasteiger partial charge is 0.496 e. The van der Waals surface area contributed by atoms with Crippen molar-refractivity contribution in [3.63, 3.8) is 0 Å². The van der Waals surface area contributed by atoms with Gasteiger partial charge in [0.15, 0.2) is 5.82 Å². The molecule has 2 rings (SSSR count). The predicted molar refractivity (Wildman–Crippen MR) is 86.1 cm³/mol. The number of methoxy groups -OCH3 is 2. The first-order valence-corrected chi connectivity index (χ1v) is 6.86. The maximum Gasteiger partial charge on any atom is 0.231 e. The molecule has 0 spiro atoms. The quantitative estimate of drug-likeness (QED) is 0.841. The Morgan fingerprint density at radius 1 is 1.23 bits per heavy atom. The molecule has 0 bridgehead atoms. The van der Waals surface area contributed by atoms with Crippen molar-refractivity contribution < 1.29 is 14.0 Å². The summed E-state index contributed by atoms with van der Waals surface area (Å²) in [5, 5.41) is 7.15. The topological polar surface area (TPSA) is 69.4 Å². The number of halogens is 1. The average molecular weight is 328 g/mol. The first kappa shape index (κ1) is 18.3. The number of aromatic nitrogens is 2. The van der Waals surface area contributed by atoms with Crippen molar-refractivity contribution in [1.82, 2.24) is 15.5 Å². The molecule has 0 aliphatic heterocycles. The van der Waals surface area contributed by atoms with Gasteiger partial charge in [0.05, 0.1) is 20.6 Å². The highest BCUT2D eigenvalue weighted by atomic mass is 35.5. The summed E-state index contributed by atoms with van der Waals surface area (Å²) in [6.07, 6.45) is 1.21. The molecule has 0 amide bonds. The third-order valence-electron chi connectivity index (χ3n) is 3.35. The Bertz CT molecular complexity index is 567. The zero-order valence-corrected chi connectivity index (χ0v) is 14.1. The van der Waals surface area contributed by atoms with Gasteiger partial charge in [-0.15, -0.1) is 12.4 Å². The Balaban J connectivity index is 0.00000242. The molecular weight excluding hydrogens is 306 g/mol. The SMILES string of the molecule is CNC(C)Cc1noc(Cc2c(OC)cccc2OC)n1.Cl. The van der Waals surface area contributed by atoms with Crippen molar-refractivity contribution in [3.05, 3.63) is 35.5 Å². The summed E-state index contributed by atoms with van der Waals surface area (Å²) in [7, 11) is 5.17. The summed E-state index contributed by atoms with van der Waals surface area (Å²) in [6.45, 7) is 2.07. The summed E-state index contributed by atoms with van der Waals surface area (Å²) < 4.78 is 16.1.